The van der Waals surface area contributed by atoms with Gasteiger partial charge in [-0.3, -0.25) is 4.67 Å². The Kier molecular flexibility index (Phi) is 2.74. The van der Waals surface area contributed by atoms with Gasteiger partial charge in [-0.2, -0.15) is 0 Å². The first-order chi connectivity index (χ1) is 5.00. The molecule has 4 heteroatoms. The van der Waals surface area contributed by atoms with Crippen molar-refractivity contribution in [3.63, 3.8) is 0 Å². The van der Waals surface area contributed by atoms with Crippen molar-refractivity contribution in [2.24, 2.45) is 0 Å². The fourth-order valence-corrected chi connectivity index (χ4v) is 2.58. The highest BCUT2D eigenvalue weighted by molar-refractivity contribution is 7.59. The third-order valence-electron chi connectivity index (χ3n) is 2.06. The van der Waals surface area contributed by atoms with Gasteiger partial charge in [0.15, 0.2) is 0 Å². The Balaban J connectivity index is 2.53. The summed E-state index contributed by atoms with van der Waals surface area (Å²) in [5.74, 6) is 0. The normalized spacial score (nSPS) is 28.8. The Labute approximate surface area is 67.8 Å². The van der Waals surface area contributed by atoms with E-state index in [1.54, 1.807) is 13.3 Å². The van der Waals surface area contributed by atoms with Crippen LogP contribution in [0.4, 0.5) is 0 Å². The Morgan fingerprint density at radius 3 is 2.55 bits per heavy atom. The predicted molar refractivity (Wildman–Crippen MR) is 46.3 cm³/mol. The molecule has 1 saturated heterocycles. The largest absolute Gasteiger partial charge is 0.392 e. The summed E-state index contributed by atoms with van der Waals surface area (Å²) in [4.78, 5) is 0. The second-order valence-electron chi connectivity index (χ2n) is 3.50. The molecule has 0 amide bonds. The van der Waals surface area contributed by atoms with Crippen molar-refractivity contribution < 1.29 is 9.67 Å². The molecule has 1 heterocycles. The van der Waals surface area contributed by atoms with Crippen LogP contribution in [0.15, 0.2) is 0 Å². The van der Waals surface area contributed by atoms with Gasteiger partial charge in [0.2, 0.25) is 0 Å². The first kappa shape index (κ1) is 9.24. The fraction of sp³-hybridized carbons (Fsp3) is 1.00. The maximum atomic E-state index is 11.5. The Morgan fingerprint density at radius 1 is 1.55 bits per heavy atom. The molecule has 1 unspecified atom stereocenters. The van der Waals surface area contributed by atoms with E-state index in [1.807, 2.05) is 4.67 Å². The first-order valence-electron chi connectivity index (χ1n) is 3.98. The first-order valence-corrected chi connectivity index (χ1v) is 6.54. The lowest BCUT2D eigenvalue weighted by molar-refractivity contribution is 0.107. The maximum absolute atomic E-state index is 11.5. The van der Waals surface area contributed by atoms with E-state index in [0.717, 1.165) is 19.4 Å². The highest BCUT2D eigenvalue weighted by atomic mass is 31.2. The molecule has 1 aliphatic heterocycles. The van der Waals surface area contributed by atoms with Gasteiger partial charge in [-0.25, -0.2) is 0 Å². The van der Waals surface area contributed by atoms with Crippen LogP contribution in [0.2, 0.25) is 0 Å². The van der Waals surface area contributed by atoms with Gasteiger partial charge in [-0.15, -0.1) is 0 Å². The van der Waals surface area contributed by atoms with E-state index >= 15 is 0 Å². The van der Waals surface area contributed by atoms with E-state index in [9.17, 15) is 9.67 Å². The van der Waals surface area contributed by atoms with Crippen molar-refractivity contribution in [1.82, 2.24) is 4.67 Å². The molecule has 0 spiro atoms. The van der Waals surface area contributed by atoms with E-state index in [2.05, 4.69) is 0 Å². The van der Waals surface area contributed by atoms with Crippen LogP contribution >= 0.6 is 7.29 Å². The van der Waals surface area contributed by atoms with Crippen LogP contribution in [0, 0.1) is 0 Å². The highest BCUT2D eigenvalue weighted by Crippen LogP contribution is 2.42. The van der Waals surface area contributed by atoms with Crippen LogP contribution < -0.4 is 0 Å². The average Bonchev–Trinajstić information content (AvgIpc) is 1.86. The van der Waals surface area contributed by atoms with Gasteiger partial charge in [0.25, 0.3) is 0 Å². The van der Waals surface area contributed by atoms with E-state index in [-0.39, 0.29) is 6.10 Å². The van der Waals surface area contributed by atoms with Crippen molar-refractivity contribution >= 4 is 7.29 Å². The lowest BCUT2D eigenvalue weighted by atomic mass is 10.1. The molecule has 0 radical (unpaired) electrons. The van der Waals surface area contributed by atoms with Gasteiger partial charge in [0, 0.05) is 26.4 Å². The average molecular weight is 177 g/mol. The van der Waals surface area contributed by atoms with Gasteiger partial charge in [-0.1, -0.05) is 0 Å². The van der Waals surface area contributed by atoms with Crippen LogP contribution in [0.1, 0.15) is 12.8 Å². The summed E-state index contributed by atoms with van der Waals surface area (Å²) in [5.41, 5.74) is 0. The monoisotopic (exact) mass is 177 g/mol. The molecule has 3 nitrogen and oxygen atoms in total. The van der Waals surface area contributed by atoms with Crippen LogP contribution in [-0.4, -0.2) is 42.3 Å². The molecule has 0 aromatic heterocycles. The molecule has 1 aliphatic rings. The summed E-state index contributed by atoms with van der Waals surface area (Å²) in [5, 5.41) is 9.28. The third-order valence-corrected chi connectivity index (χ3v) is 3.78. The fourth-order valence-electron chi connectivity index (χ4n) is 1.37. The number of rotatable bonds is 1. The summed E-state index contributed by atoms with van der Waals surface area (Å²) in [7, 11) is -2.11. The Bertz CT molecular complexity index is 177. The van der Waals surface area contributed by atoms with Crippen molar-refractivity contribution in [3.8, 4) is 0 Å². The summed E-state index contributed by atoms with van der Waals surface area (Å²) in [6.07, 6.45) is 1.56. The van der Waals surface area contributed by atoms with Gasteiger partial charge < -0.3 is 9.67 Å². The second-order valence-corrected chi connectivity index (χ2v) is 6.66. The molecule has 0 aliphatic carbocycles. The maximum Gasteiger partial charge on any atom is 0.144 e. The van der Waals surface area contributed by atoms with Gasteiger partial charge in [0.1, 0.15) is 7.29 Å². The van der Waals surface area contributed by atoms with Crippen molar-refractivity contribution in [1.29, 1.82) is 0 Å². The minimum Gasteiger partial charge on any atom is -0.392 e. The van der Waals surface area contributed by atoms with Crippen LogP contribution in [0.25, 0.3) is 0 Å². The predicted octanol–water partition coefficient (Wildman–Crippen LogP) is 0.981. The van der Waals surface area contributed by atoms with Crippen molar-refractivity contribution in [2.45, 2.75) is 18.9 Å². The topological polar surface area (TPSA) is 40.5 Å². The Hall–Kier alpha value is 0.150. The molecule has 1 atom stereocenters. The number of aliphatic hydroxyl groups is 1. The highest BCUT2D eigenvalue weighted by Gasteiger charge is 2.25. The Morgan fingerprint density at radius 2 is 2.18 bits per heavy atom. The molecule has 11 heavy (non-hydrogen) atoms. The quantitative estimate of drug-likeness (QED) is 0.607. The summed E-state index contributed by atoms with van der Waals surface area (Å²) >= 11 is 0. The van der Waals surface area contributed by atoms with Crippen molar-refractivity contribution in [3.05, 3.63) is 0 Å². The summed E-state index contributed by atoms with van der Waals surface area (Å²) in [6.45, 7) is 4.97. The molecule has 1 N–H and O–H groups in total. The number of piperidine rings is 1. The standard InChI is InChI=1S/C7H16NO2P/c1-11(2,10)8-5-3-4-7(9)6-8/h7,9H,3-6H2,1-2H3. The number of hydrogen-bond acceptors (Lipinski definition) is 2. The molecule has 0 saturated carbocycles. The zero-order chi connectivity index (χ0) is 8.48. The molecule has 66 valence electrons. The number of β-amino-alcohol motifs (C(OH)–C–C–N with tert-alkyl or cyclic N) is 1. The smallest absolute Gasteiger partial charge is 0.144 e. The molecular weight excluding hydrogens is 161 g/mol. The number of hydrogen-bond donors (Lipinski definition) is 1. The van der Waals surface area contributed by atoms with Crippen LogP contribution in [-0.2, 0) is 4.57 Å². The van der Waals surface area contributed by atoms with Crippen LogP contribution in [0.5, 0.6) is 0 Å². The van der Waals surface area contributed by atoms with Gasteiger partial charge in [0.05, 0.1) is 6.10 Å². The van der Waals surface area contributed by atoms with Crippen molar-refractivity contribution in [2.75, 3.05) is 26.4 Å². The van der Waals surface area contributed by atoms with E-state index in [1.165, 1.54) is 0 Å². The molecule has 1 fully saturated rings. The van der Waals surface area contributed by atoms with E-state index < -0.39 is 7.29 Å². The zero-order valence-electron chi connectivity index (χ0n) is 7.16. The summed E-state index contributed by atoms with van der Waals surface area (Å²) < 4.78 is 13.4. The molecular formula is C7H16NO2P. The minimum absolute atomic E-state index is 0.267. The van der Waals surface area contributed by atoms with E-state index in [4.69, 9.17) is 0 Å². The van der Waals surface area contributed by atoms with Gasteiger partial charge in [-0.05, 0) is 12.8 Å². The lowest BCUT2D eigenvalue weighted by Gasteiger charge is -2.32. The minimum atomic E-state index is -2.11. The molecule has 1 rings (SSSR count). The zero-order valence-corrected chi connectivity index (χ0v) is 8.05. The van der Waals surface area contributed by atoms with E-state index in [0.29, 0.717) is 6.54 Å². The molecule has 0 bridgehead atoms. The second kappa shape index (κ2) is 3.26. The molecule has 0 aromatic rings. The number of nitrogens with zero attached hydrogens (tertiary/aromatic N) is 1. The summed E-state index contributed by atoms with van der Waals surface area (Å²) in [6, 6.07) is 0. The van der Waals surface area contributed by atoms with Gasteiger partial charge >= 0.3 is 0 Å². The molecule has 0 aromatic carbocycles. The number of aliphatic hydroxyl groups excluding tert-OH is 1. The third kappa shape index (κ3) is 2.58. The lowest BCUT2D eigenvalue weighted by Crippen LogP contribution is -2.35. The SMILES string of the molecule is CP(C)(=O)N1CCCC(O)C1. The van der Waals surface area contributed by atoms with Crippen LogP contribution in [0.3, 0.4) is 0 Å².